The average Bonchev–Trinajstić information content (AvgIpc) is 1.94. The van der Waals surface area contributed by atoms with Crippen molar-refractivity contribution in [2.75, 3.05) is 0 Å². The molecule has 0 aromatic rings. The van der Waals surface area contributed by atoms with Gasteiger partial charge in [0.1, 0.15) is 0 Å². The minimum absolute atomic E-state index is 0. The van der Waals surface area contributed by atoms with Crippen LogP contribution in [0.2, 0.25) is 0 Å². The number of rotatable bonds is 1. The van der Waals surface area contributed by atoms with Gasteiger partial charge in [-0.1, -0.05) is 18.2 Å². The summed E-state index contributed by atoms with van der Waals surface area (Å²) in [6.07, 6.45) is 3.68. The van der Waals surface area contributed by atoms with Crippen molar-refractivity contribution in [1.82, 2.24) is 0 Å². The molecule has 0 spiro atoms. The van der Waals surface area contributed by atoms with Crippen LogP contribution in [0, 0.1) is 5.92 Å². The maximum atomic E-state index is 11.2. The van der Waals surface area contributed by atoms with Crippen molar-refractivity contribution in [1.29, 1.82) is 0 Å². The van der Waals surface area contributed by atoms with E-state index in [0.717, 1.165) is 17.6 Å². The van der Waals surface area contributed by atoms with Crippen LogP contribution in [0.3, 0.4) is 0 Å². The zero-order chi connectivity index (χ0) is 8.43. The number of allylic oxidation sites excluding steroid dienone is 3. The van der Waals surface area contributed by atoms with Crippen molar-refractivity contribution in [3.8, 4) is 0 Å². The molecule has 1 nitrogen and oxygen atoms in total. The molecule has 1 aliphatic rings. The van der Waals surface area contributed by atoms with Crippen molar-refractivity contribution in [2.24, 2.45) is 5.92 Å². The topological polar surface area (TPSA) is 17.1 Å². The molecule has 1 aliphatic carbocycles. The molecular weight excluding hydrogens is 160 g/mol. The predicted octanol–water partition coefficient (Wildman–Crippen LogP) is 2.33. The third-order valence-electron chi connectivity index (χ3n) is 2.28. The first-order valence-corrected chi connectivity index (χ1v) is 3.96. The summed E-state index contributed by atoms with van der Waals surface area (Å²) in [7, 11) is 0. The first-order valence-electron chi connectivity index (χ1n) is 3.96. The van der Waals surface area contributed by atoms with E-state index in [2.05, 4.69) is 6.58 Å². The first-order chi connectivity index (χ1) is 5.11. The van der Waals surface area contributed by atoms with E-state index in [1.54, 1.807) is 0 Å². The van der Waals surface area contributed by atoms with E-state index in [-0.39, 0.29) is 31.7 Å². The number of ketones is 1. The van der Waals surface area contributed by atoms with Crippen LogP contribution >= 0.6 is 0 Å². The maximum Gasteiger partial charge on any atom is 2.00 e. The van der Waals surface area contributed by atoms with E-state index in [1.165, 1.54) is 0 Å². The Morgan fingerprint density at radius 3 is 2.75 bits per heavy atom. The second-order valence-electron chi connectivity index (χ2n) is 3.29. The standard InChI is InChI=1S/C10H14O.Mg.2H/c1-7(2)9-5-4-8(3)10(11)6-9;;;/h4,9H,1,5-6H2,2-3H3;;;/q;+2;2*-1. The number of Topliss-reactive ketones (excluding diaryl/α,β-unsaturated/α-hetero) is 1. The predicted molar refractivity (Wildman–Crippen MR) is 54.3 cm³/mol. The van der Waals surface area contributed by atoms with Crippen LogP contribution in [-0.4, -0.2) is 28.8 Å². The summed E-state index contributed by atoms with van der Waals surface area (Å²) in [5.41, 5.74) is 2.05. The number of carbonyl (C=O) groups excluding carboxylic acids is 1. The van der Waals surface area contributed by atoms with Gasteiger partial charge in [-0.3, -0.25) is 4.79 Å². The third kappa shape index (κ3) is 2.75. The van der Waals surface area contributed by atoms with Crippen LogP contribution in [0.5, 0.6) is 0 Å². The molecule has 0 heterocycles. The van der Waals surface area contributed by atoms with Gasteiger partial charge >= 0.3 is 23.1 Å². The van der Waals surface area contributed by atoms with Crippen LogP contribution in [-0.2, 0) is 4.79 Å². The summed E-state index contributed by atoms with van der Waals surface area (Å²) in [5.74, 6) is 0.676. The molecule has 2 heteroatoms. The summed E-state index contributed by atoms with van der Waals surface area (Å²) in [6, 6.07) is 0. The van der Waals surface area contributed by atoms with Gasteiger partial charge in [-0.15, -0.1) is 0 Å². The molecule has 0 radical (unpaired) electrons. The van der Waals surface area contributed by atoms with Crippen molar-refractivity contribution < 1.29 is 7.65 Å². The summed E-state index contributed by atoms with van der Waals surface area (Å²) in [4.78, 5) is 11.2. The van der Waals surface area contributed by atoms with Gasteiger partial charge < -0.3 is 2.85 Å². The van der Waals surface area contributed by atoms with Gasteiger partial charge in [0.15, 0.2) is 5.78 Å². The molecule has 0 saturated carbocycles. The molecule has 64 valence electrons. The minimum atomic E-state index is 0. The number of carbonyl (C=O) groups is 1. The Morgan fingerprint density at radius 1 is 1.75 bits per heavy atom. The summed E-state index contributed by atoms with van der Waals surface area (Å²) in [5, 5.41) is 0. The largest absolute Gasteiger partial charge is 2.00 e. The monoisotopic (exact) mass is 176 g/mol. The second kappa shape index (κ2) is 4.82. The molecule has 0 N–H and O–H groups in total. The van der Waals surface area contributed by atoms with Crippen LogP contribution in [0.1, 0.15) is 29.5 Å². The fourth-order valence-corrected chi connectivity index (χ4v) is 1.28. The average molecular weight is 177 g/mol. The summed E-state index contributed by atoms with van der Waals surface area (Å²) >= 11 is 0. The Kier molecular flexibility index (Phi) is 4.79. The normalized spacial score (nSPS) is 22.7. The molecule has 1 unspecified atom stereocenters. The molecule has 0 fully saturated rings. The van der Waals surface area contributed by atoms with Gasteiger partial charge in [0.25, 0.3) is 0 Å². The smallest absolute Gasteiger partial charge is 1.00 e. The molecule has 0 aromatic heterocycles. The summed E-state index contributed by atoms with van der Waals surface area (Å²) in [6.45, 7) is 7.74. The van der Waals surface area contributed by atoms with E-state index in [0.29, 0.717) is 12.3 Å². The molecule has 1 rings (SSSR count). The van der Waals surface area contributed by atoms with Gasteiger partial charge in [0.2, 0.25) is 0 Å². The molecule has 12 heavy (non-hydrogen) atoms. The molecule has 0 amide bonds. The fraction of sp³-hybridized carbons (Fsp3) is 0.500. The van der Waals surface area contributed by atoms with E-state index in [1.807, 2.05) is 19.9 Å². The molecule has 0 saturated heterocycles. The van der Waals surface area contributed by atoms with Crippen LogP contribution in [0.15, 0.2) is 23.8 Å². The molecule has 0 aliphatic heterocycles. The fourth-order valence-electron chi connectivity index (χ4n) is 1.28. The van der Waals surface area contributed by atoms with Crippen molar-refractivity contribution >= 4 is 28.8 Å². The van der Waals surface area contributed by atoms with E-state index in [4.69, 9.17) is 0 Å². The number of hydrogen-bond donors (Lipinski definition) is 0. The zero-order valence-corrected chi connectivity index (χ0v) is 9.31. The summed E-state index contributed by atoms with van der Waals surface area (Å²) < 4.78 is 0. The Morgan fingerprint density at radius 2 is 2.33 bits per heavy atom. The number of hydrogen-bond acceptors (Lipinski definition) is 1. The van der Waals surface area contributed by atoms with Crippen molar-refractivity contribution in [3.05, 3.63) is 23.8 Å². The van der Waals surface area contributed by atoms with Crippen LogP contribution < -0.4 is 0 Å². The van der Waals surface area contributed by atoms with Gasteiger partial charge in [-0.25, -0.2) is 0 Å². The van der Waals surface area contributed by atoms with Gasteiger partial charge in [-0.05, 0) is 31.8 Å². The molecular formula is C10H16MgO. The molecule has 0 aromatic carbocycles. The van der Waals surface area contributed by atoms with E-state index in [9.17, 15) is 4.79 Å². The van der Waals surface area contributed by atoms with Crippen LogP contribution in [0.25, 0.3) is 0 Å². The minimum Gasteiger partial charge on any atom is -1.00 e. The first kappa shape index (κ1) is 11.9. The van der Waals surface area contributed by atoms with Gasteiger partial charge in [0, 0.05) is 6.42 Å². The Bertz CT molecular complexity index is 236. The van der Waals surface area contributed by atoms with Crippen molar-refractivity contribution in [2.45, 2.75) is 26.7 Å². The van der Waals surface area contributed by atoms with E-state index >= 15 is 0 Å². The Labute approximate surface area is 93.0 Å². The van der Waals surface area contributed by atoms with Crippen molar-refractivity contribution in [3.63, 3.8) is 0 Å². The van der Waals surface area contributed by atoms with E-state index < -0.39 is 0 Å². The van der Waals surface area contributed by atoms with Gasteiger partial charge in [-0.2, -0.15) is 0 Å². The third-order valence-corrected chi connectivity index (χ3v) is 2.28. The van der Waals surface area contributed by atoms with Gasteiger partial charge in [0.05, 0.1) is 0 Å². The zero-order valence-electron chi connectivity index (χ0n) is 9.89. The Balaban J connectivity index is -0.000000403. The maximum absolute atomic E-state index is 11.2. The quantitative estimate of drug-likeness (QED) is 0.443. The van der Waals surface area contributed by atoms with Crippen LogP contribution in [0.4, 0.5) is 0 Å². The Hall–Kier alpha value is -0.0838. The SMILES string of the molecule is C=C(C)C1CC=C(C)C(=O)C1.[H-].[H-].[Mg+2]. The molecule has 0 bridgehead atoms. The molecule has 1 atom stereocenters. The second-order valence-corrected chi connectivity index (χ2v) is 3.29.